The molecule has 312 valence electrons. The average molecular weight is 845 g/mol. The van der Waals surface area contributed by atoms with Crippen molar-refractivity contribution in [1.29, 1.82) is 0 Å². The van der Waals surface area contributed by atoms with Crippen LogP contribution in [0.15, 0.2) is 223 Å². The van der Waals surface area contributed by atoms with Gasteiger partial charge in [0.25, 0.3) is 0 Å². The molecule has 0 radical (unpaired) electrons. The first kappa shape index (κ1) is 38.1. The molecule has 11 aromatic carbocycles. The van der Waals surface area contributed by atoms with Crippen LogP contribution in [0.5, 0.6) is 0 Å². The second-order valence-corrected chi connectivity index (χ2v) is 17.6. The van der Waals surface area contributed by atoms with E-state index in [1.807, 2.05) is 0 Å². The maximum Gasteiger partial charge on any atom is 0.137 e. The number of rotatable bonds is 7. The van der Waals surface area contributed by atoms with E-state index in [4.69, 9.17) is 4.42 Å². The molecule has 0 spiro atoms. The average Bonchev–Trinajstić information content (AvgIpc) is 3.75. The van der Waals surface area contributed by atoms with Crippen LogP contribution in [0.2, 0.25) is 0 Å². The first-order chi connectivity index (χ1) is 32.7. The van der Waals surface area contributed by atoms with Gasteiger partial charge in [0.2, 0.25) is 0 Å². The van der Waals surface area contributed by atoms with Gasteiger partial charge in [-0.3, -0.25) is 0 Å². The van der Waals surface area contributed by atoms with Gasteiger partial charge < -0.3 is 14.2 Å². The summed E-state index contributed by atoms with van der Waals surface area (Å²) in [7, 11) is 0. The van der Waals surface area contributed by atoms with Gasteiger partial charge in [0.1, 0.15) is 11.2 Å². The third kappa shape index (κ3) is 6.12. The standard InChI is InChI=1S/C63H44N2O/c1-41-30-36-54-53(62(41)46-31-33-47(34-32-46)64(56-26-10-18-42-14-2-6-22-49(42)56)57-27-11-19-43-15-3-7-23-50(43)57)38-39-60-63(54)55-37-35-48(40-61(55)66-60)65(58-28-12-20-44-16-4-8-24-51(44)58)59-29-13-21-45-17-5-9-25-52(45)59/h2,4-14,16-40H,3,15H2,1H3. The van der Waals surface area contributed by atoms with E-state index < -0.39 is 0 Å². The number of nitrogens with zero attached hydrogens (tertiary/aromatic N) is 2. The molecule has 0 atom stereocenters. The number of aryl methyl sites for hydroxylation is 2. The van der Waals surface area contributed by atoms with Crippen LogP contribution in [0.1, 0.15) is 23.1 Å². The van der Waals surface area contributed by atoms with Crippen molar-refractivity contribution in [2.75, 3.05) is 9.80 Å². The predicted octanol–water partition coefficient (Wildman–Crippen LogP) is 18.1. The highest BCUT2D eigenvalue weighted by Crippen LogP contribution is 2.47. The Hall–Kier alpha value is -8.40. The Morgan fingerprint density at radius 2 is 0.939 bits per heavy atom. The molecule has 0 saturated carbocycles. The van der Waals surface area contributed by atoms with Crippen molar-refractivity contribution < 1.29 is 4.42 Å². The highest BCUT2D eigenvalue weighted by molar-refractivity contribution is 6.22. The number of hydrogen-bond donors (Lipinski definition) is 0. The number of furan rings is 1. The molecule has 1 aliphatic carbocycles. The third-order valence-corrected chi connectivity index (χ3v) is 13.8. The van der Waals surface area contributed by atoms with Crippen molar-refractivity contribution in [2.45, 2.75) is 19.8 Å². The van der Waals surface area contributed by atoms with Crippen molar-refractivity contribution in [3.05, 3.63) is 235 Å². The van der Waals surface area contributed by atoms with E-state index in [1.165, 1.54) is 82.3 Å². The van der Waals surface area contributed by atoms with E-state index in [2.05, 4.69) is 241 Å². The number of hydrogen-bond acceptors (Lipinski definition) is 3. The zero-order chi connectivity index (χ0) is 43.7. The Bertz CT molecular complexity index is 3820. The van der Waals surface area contributed by atoms with E-state index in [-0.39, 0.29) is 0 Å². The Morgan fingerprint density at radius 1 is 0.409 bits per heavy atom. The van der Waals surface area contributed by atoms with Crippen LogP contribution in [0.25, 0.3) is 82.2 Å². The molecule has 13 rings (SSSR count). The SMILES string of the molecule is Cc1ccc2c(ccc3oc4cc(N(c5cccc6ccccc56)c5cccc6ccccc56)ccc4c32)c1-c1ccc(N(c2cccc3c2C=CCC3)c2cccc3ccccc23)cc1. The minimum atomic E-state index is 0.860. The molecular formula is C63H44N2O. The Kier molecular flexibility index (Phi) is 8.89. The molecule has 3 nitrogen and oxygen atoms in total. The summed E-state index contributed by atoms with van der Waals surface area (Å²) in [6.45, 7) is 2.23. The van der Waals surface area contributed by atoms with Gasteiger partial charge in [0, 0.05) is 49.9 Å². The van der Waals surface area contributed by atoms with Gasteiger partial charge in [-0.05, 0) is 130 Å². The molecule has 1 aromatic heterocycles. The van der Waals surface area contributed by atoms with Gasteiger partial charge in [0.15, 0.2) is 0 Å². The van der Waals surface area contributed by atoms with Crippen LogP contribution >= 0.6 is 0 Å². The van der Waals surface area contributed by atoms with Crippen molar-refractivity contribution in [3.63, 3.8) is 0 Å². The highest BCUT2D eigenvalue weighted by atomic mass is 16.3. The third-order valence-electron chi connectivity index (χ3n) is 13.8. The van der Waals surface area contributed by atoms with Gasteiger partial charge in [-0.15, -0.1) is 0 Å². The molecule has 0 saturated heterocycles. The first-order valence-electron chi connectivity index (χ1n) is 23.0. The summed E-state index contributed by atoms with van der Waals surface area (Å²) in [6.07, 6.45) is 6.75. The van der Waals surface area contributed by atoms with E-state index >= 15 is 0 Å². The molecule has 0 unspecified atom stereocenters. The van der Waals surface area contributed by atoms with Crippen LogP contribution in [-0.2, 0) is 6.42 Å². The Balaban J connectivity index is 0.946. The maximum absolute atomic E-state index is 6.83. The number of allylic oxidation sites excluding steroid dienone is 1. The molecule has 1 heterocycles. The summed E-state index contributed by atoms with van der Waals surface area (Å²) in [4.78, 5) is 4.85. The fourth-order valence-electron chi connectivity index (χ4n) is 10.7. The molecule has 0 N–H and O–H groups in total. The lowest BCUT2D eigenvalue weighted by molar-refractivity contribution is 0.669. The van der Waals surface area contributed by atoms with Crippen molar-refractivity contribution >= 4 is 105 Å². The zero-order valence-corrected chi connectivity index (χ0v) is 36.6. The van der Waals surface area contributed by atoms with Crippen LogP contribution in [0.4, 0.5) is 34.1 Å². The molecule has 0 bridgehead atoms. The second-order valence-electron chi connectivity index (χ2n) is 17.6. The molecule has 0 amide bonds. The van der Waals surface area contributed by atoms with Gasteiger partial charge in [0.05, 0.1) is 22.7 Å². The molecule has 0 fully saturated rings. The predicted molar refractivity (Wildman–Crippen MR) is 281 cm³/mol. The van der Waals surface area contributed by atoms with E-state index in [9.17, 15) is 0 Å². The largest absolute Gasteiger partial charge is 0.456 e. The minimum Gasteiger partial charge on any atom is -0.456 e. The molecular weight excluding hydrogens is 801 g/mol. The van der Waals surface area contributed by atoms with Crippen LogP contribution in [0.3, 0.4) is 0 Å². The summed E-state index contributed by atoms with van der Waals surface area (Å²) < 4.78 is 6.83. The highest BCUT2D eigenvalue weighted by Gasteiger charge is 2.23. The van der Waals surface area contributed by atoms with Gasteiger partial charge in [-0.25, -0.2) is 0 Å². The fourth-order valence-corrected chi connectivity index (χ4v) is 10.7. The van der Waals surface area contributed by atoms with Crippen molar-refractivity contribution in [3.8, 4) is 11.1 Å². The molecule has 12 aromatic rings. The normalized spacial score (nSPS) is 12.4. The monoisotopic (exact) mass is 844 g/mol. The first-order valence-corrected chi connectivity index (χ1v) is 23.0. The van der Waals surface area contributed by atoms with E-state index in [1.54, 1.807) is 0 Å². The quantitative estimate of drug-likeness (QED) is 0.159. The topological polar surface area (TPSA) is 19.6 Å². The lowest BCUT2D eigenvalue weighted by Crippen LogP contribution is -2.13. The van der Waals surface area contributed by atoms with E-state index in [0.29, 0.717) is 0 Å². The lowest BCUT2D eigenvalue weighted by atomic mass is 9.91. The van der Waals surface area contributed by atoms with Crippen molar-refractivity contribution in [2.24, 2.45) is 0 Å². The van der Waals surface area contributed by atoms with Gasteiger partial charge in [-0.1, -0.05) is 158 Å². The summed E-state index contributed by atoms with van der Waals surface area (Å²) in [5.74, 6) is 0. The summed E-state index contributed by atoms with van der Waals surface area (Å²) in [6, 6.07) is 77.4. The second kappa shape index (κ2) is 15.4. The lowest BCUT2D eigenvalue weighted by Gasteiger charge is -2.30. The van der Waals surface area contributed by atoms with Crippen LogP contribution in [0, 0.1) is 6.92 Å². The number of benzene rings is 11. The smallest absolute Gasteiger partial charge is 0.137 e. The van der Waals surface area contributed by atoms with Crippen LogP contribution < -0.4 is 9.80 Å². The number of anilines is 6. The zero-order valence-electron chi connectivity index (χ0n) is 36.6. The van der Waals surface area contributed by atoms with Gasteiger partial charge in [-0.2, -0.15) is 0 Å². The summed E-state index contributed by atoms with van der Waals surface area (Å²) in [5, 5.41) is 11.9. The maximum atomic E-state index is 6.83. The molecule has 1 aliphatic rings. The van der Waals surface area contributed by atoms with Crippen LogP contribution in [-0.4, -0.2) is 0 Å². The molecule has 66 heavy (non-hydrogen) atoms. The van der Waals surface area contributed by atoms with Crippen molar-refractivity contribution in [1.82, 2.24) is 0 Å². The van der Waals surface area contributed by atoms with Gasteiger partial charge >= 0.3 is 0 Å². The molecule has 3 heteroatoms. The molecule has 0 aliphatic heterocycles. The number of fused-ring (bicyclic) bond motifs is 9. The summed E-state index contributed by atoms with van der Waals surface area (Å²) >= 11 is 0. The Labute approximate surface area is 383 Å². The fraction of sp³-hybridized carbons (Fsp3) is 0.0476. The Morgan fingerprint density at radius 3 is 1.59 bits per heavy atom. The van der Waals surface area contributed by atoms with E-state index in [0.717, 1.165) is 57.5 Å². The summed E-state index contributed by atoms with van der Waals surface area (Å²) in [5.41, 5.74) is 14.9. The minimum absolute atomic E-state index is 0.860.